The number of rotatable bonds is 7. The Morgan fingerprint density at radius 2 is 2.00 bits per heavy atom. The van der Waals surface area contributed by atoms with Gasteiger partial charge in [-0.15, -0.1) is 0 Å². The van der Waals surface area contributed by atoms with E-state index in [1.807, 2.05) is 31.3 Å². The average Bonchev–Trinajstić information content (AvgIpc) is 2.66. The molecular weight excluding hydrogens is 394 g/mol. The van der Waals surface area contributed by atoms with Gasteiger partial charge in [0.25, 0.3) is 0 Å². The maximum Gasteiger partial charge on any atom is 0.161 e. The summed E-state index contributed by atoms with van der Waals surface area (Å²) in [7, 11) is 1.68. The number of piperidine rings is 1. The summed E-state index contributed by atoms with van der Waals surface area (Å²) in [4.78, 5) is 6.90. The van der Waals surface area contributed by atoms with E-state index in [0.717, 1.165) is 54.3 Å². The van der Waals surface area contributed by atoms with Crippen molar-refractivity contribution in [2.24, 2.45) is 0 Å². The molecule has 0 aliphatic carbocycles. The van der Waals surface area contributed by atoms with Crippen LogP contribution in [0.2, 0.25) is 0 Å². The molecule has 0 saturated carbocycles. The smallest absolute Gasteiger partial charge is 0.161 e. The predicted molar refractivity (Wildman–Crippen MR) is 108 cm³/mol. The summed E-state index contributed by atoms with van der Waals surface area (Å²) in [5, 5.41) is 3.54. The number of ether oxygens (including phenoxy) is 2. The Balaban J connectivity index is 1.52. The maximum absolute atomic E-state index is 5.69. The third-order valence-electron chi connectivity index (χ3n) is 4.60. The number of nitrogens with one attached hydrogen (secondary N) is 1. The van der Waals surface area contributed by atoms with Crippen molar-refractivity contribution < 1.29 is 9.47 Å². The Labute approximate surface area is 163 Å². The van der Waals surface area contributed by atoms with Crippen LogP contribution >= 0.6 is 15.9 Å². The number of benzene rings is 1. The van der Waals surface area contributed by atoms with E-state index >= 15 is 0 Å². The van der Waals surface area contributed by atoms with Crippen molar-refractivity contribution in [2.75, 3.05) is 32.1 Å². The van der Waals surface area contributed by atoms with Crippen LogP contribution in [0.4, 0.5) is 5.82 Å². The minimum absolute atomic E-state index is 0.481. The highest BCUT2D eigenvalue weighted by Gasteiger charge is 2.20. The lowest BCUT2D eigenvalue weighted by molar-refractivity contribution is 0.210. The molecule has 5 nitrogen and oxygen atoms in total. The maximum atomic E-state index is 5.69. The monoisotopic (exact) mass is 419 g/mol. The summed E-state index contributed by atoms with van der Waals surface area (Å²) in [6.07, 6.45) is 4.07. The summed E-state index contributed by atoms with van der Waals surface area (Å²) in [5.74, 6) is 2.56. The first-order valence-corrected chi connectivity index (χ1v) is 9.87. The summed E-state index contributed by atoms with van der Waals surface area (Å²) in [5.41, 5.74) is 1.26. The number of likely N-dealkylation sites (tertiary alicyclic amines) is 1. The molecule has 3 rings (SSSR count). The lowest BCUT2D eigenvalue weighted by Crippen LogP contribution is -2.38. The fraction of sp³-hybridized carbons (Fsp3) is 0.450. The van der Waals surface area contributed by atoms with Gasteiger partial charge in [-0.25, -0.2) is 4.98 Å². The van der Waals surface area contributed by atoms with Gasteiger partial charge in [-0.05, 0) is 65.5 Å². The van der Waals surface area contributed by atoms with Crippen LogP contribution in [0, 0.1) is 0 Å². The van der Waals surface area contributed by atoms with E-state index in [4.69, 9.17) is 9.47 Å². The van der Waals surface area contributed by atoms with Crippen molar-refractivity contribution in [3.05, 3.63) is 46.6 Å². The van der Waals surface area contributed by atoms with E-state index in [1.165, 1.54) is 5.56 Å². The van der Waals surface area contributed by atoms with Crippen LogP contribution in [0.25, 0.3) is 0 Å². The number of anilines is 1. The molecule has 6 heteroatoms. The Kier molecular flexibility index (Phi) is 6.74. The van der Waals surface area contributed by atoms with Crippen molar-refractivity contribution in [3.63, 3.8) is 0 Å². The highest BCUT2D eigenvalue weighted by atomic mass is 79.9. The minimum Gasteiger partial charge on any atom is -0.493 e. The first kappa shape index (κ1) is 19.0. The second-order valence-corrected chi connectivity index (χ2v) is 7.39. The van der Waals surface area contributed by atoms with E-state index in [-0.39, 0.29) is 0 Å². The van der Waals surface area contributed by atoms with E-state index in [9.17, 15) is 0 Å². The number of methoxy groups -OCH3 is 1. The number of hydrogen-bond acceptors (Lipinski definition) is 5. The number of pyridine rings is 1. The molecule has 0 unspecified atom stereocenters. The van der Waals surface area contributed by atoms with Gasteiger partial charge in [0, 0.05) is 36.3 Å². The molecule has 1 aromatic carbocycles. The third-order valence-corrected chi connectivity index (χ3v) is 5.07. The molecule has 0 bridgehead atoms. The van der Waals surface area contributed by atoms with Gasteiger partial charge in [0.1, 0.15) is 5.82 Å². The Morgan fingerprint density at radius 3 is 2.65 bits per heavy atom. The average molecular weight is 420 g/mol. The zero-order chi connectivity index (χ0) is 18.4. The van der Waals surface area contributed by atoms with Gasteiger partial charge in [-0.1, -0.05) is 6.07 Å². The predicted octanol–water partition coefficient (Wildman–Crippen LogP) is 4.33. The Morgan fingerprint density at radius 1 is 1.19 bits per heavy atom. The second kappa shape index (κ2) is 9.24. The summed E-state index contributed by atoms with van der Waals surface area (Å²) < 4.78 is 12.1. The molecule has 1 fully saturated rings. The summed E-state index contributed by atoms with van der Waals surface area (Å²) in [6.45, 7) is 5.72. The van der Waals surface area contributed by atoms with E-state index in [0.29, 0.717) is 12.6 Å². The van der Waals surface area contributed by atoms with Crippen molar-refractivity contribution in [1.29, 1.82) is 0 Å². The van der Waals surface area contributed by atoms with Gasteiger partial charge in [0.2, 0.25) is 0 Å². The molecule has 1 aliphatic rings. The molecule has 1 N–H and O–H groups in total. The molecule has 2 heterocycles. The van der Waals surface area contributed by atoms with Crippen LogP contribution in [0.5, 0.6) is 11.5 Å². The standard InChI is InChI=1S/C20H26BrN3O2/c1-3-26-19-12-15(4-6-18(19)25-2)14-24-10-8-17(9-11-24)23-20-7-5-16(21)13-22-20/h4-7,12-13,17H,3,8-11,14H2,1-2H3,(H,22,23). The van der Waals surface area contributed by atoms with E-state index in [1.54, 1.807) is 7.11 Å². The molecule has 26 heavy (non-hydrogen) atoms. The van der Waals surface area contributed by atoms with Gasteiger partial charge >= 0.3 is 0 Å². The Hall–Kier alpha value is -1.79. The highest BCUT2D eigenvalue weighted by Crippen LogP contribution is 2.29. The van der Waals surface area contributed by atoms with Crippen LogP contribution < -0.4 is 14.8 Å². The summed E-state index contributed by atoms with van der Waals surface area (Å²) in [6, 6.07) is 10.7. The number of halogens is 1. The molecule has 1 aliphatic heterocycles. The van der Waals surface area contributed by atoms with Crippen LogP contribution in [0.3, 0.4) is 0 Å². The lowest BCUT2D eigenvalue weighted by atomic mass is 10.0. The molecular formula is C20H26BrN3O2. The SMILES string of the molecule is CCOc1cc(CN2CCC(Nc3ccc(Br)cn3)CC2)ccc1OC. The normalized spacial score (nSPS) is 15.7. The second-order valence-electron chi connectivity index (χ2n) is 6.47. The molecule has 1 aromatic heterocycles. The van der Waals surface area contributed by atoms with Gasteiger partial charge in [0.05, 0.1) is 13.7 Å². The lowest BCUT2D eigenvalue weighted by Gasteiger charge is -2.32. The largest absolute Gasteiger partial charge is 0.493 e. The van der Waals surface area contributed by atoms with Crippen molar-refractivity contribution >= 4 is 21.7 Å². The van der Waals surface area contributed by atoms with Crippen molar-refractivity contribution in [2.45, 2.75) is 32.4 Å². The van der Waals surface area contributed by atoms with Gasteiger partial charge in [-0.2, -0.15) is 0 Å². The summed E-state index contributed by atoms with van der Waals surface area (Å²) >= 11 is 3.42. The number of nitrogens with zero attached hydrogens (tertiary/aromatic N) is 2. The molecule has 0 radical (unpaired) electrons. The van der Waals surface area contributed by atoms with Crippen molar-refractivity contribution in [1.82, 2.24) is 9.88 Å². The number of hydrogen-bond donors (Lipinski definition) is 1. The van der Waals surface area contributed by atoms with Gasteiger partial charge in [-0.3, -0.25) is 4.90 Å². The van der Waals surface area contributed by atoms with Gasteiger partial charge < -0.3 is 14.8 Å². The molecule has 0 spiro atoms. The van der Waals surface area contributed by atoms with E-state index in [2.05, 4.69) is 43.3 Å². The first-order valence-electron chi connectivity index (χ1n) is 9.08. The highest BCUT2D eigenvalue weighted by molar-refractivity contribution is 9.10. The molecule has 0 amide bonds. The van der Waals surface area contributed by atoms with Gasteiger partial charge in [0.15, 0.2) is 11.5 Å². The minimum atomic E-state index is 0.481. The van der Waals surface area contributed by atoms with Crippen LogP contribution in [0.15, 0.2) is 41.0 Å². The van der Waals surface area contributed by atoms with E-state index < -0.39 is 0 Å². The quantitative estimate of drug-likeness (QED) is 0.723. The fourth-order valence-corrected chi connectivity index (χ4v) is 3.49. The fourth-order valence-electron chi connectivity index (χ4n) is 3.25. The zero-order valence-electron chi connectivity index (χ0n) is 15.4. The Bertz CT molecular complexity index is 701. The molecule has 0 atom stereocenters. The van der Waals surface area contributed by atoms with Crippen molar-refractivity contribution in [3.8, 4) is 11.5 Å². The third kappa shape index (κ3) is 5.11. The molecule has 140 valence electrons. The molecule has 1 saturated heterocycles. The zero-order valence-corrected chi connectivity index (χ0v) is 17.0. The molecule has 2 aromatic rings. The number of aromatic nitrogens is 1. The van der Waals surface area contributed by atoms with Crippen LogP contribution in [0.1, 0.15) is 25.3 Å². The van der Waals surface area contributed by atoms with Crippen LogP contribution in [-0.2, 0) is 6.54 Å². The first-order chi connectivity index (χ1) is 12.7. The van der Waals surface area contributed by atoms with Crippen LogP contribution in [-0.4, -0.2) is 42.7 Å². The topological polar surface area (TPSA) is 46.6 Å².